The molecule has 0 saturated heterocycles. The van der Waals surface area contributed by atoms with E-state index >= 15 is 0 Å². The van der Waals surface area contributed by atoms with Crippen molar-refractivity contribution in [2.24, 2.45) is 13.0 Å². The SMILES string of the molecule is COC(=O)c1cc(OC)c2c(c1)nc(-c1cc3ccc(NSC)nc3n1CC1CC1)n2C. The second-order valence-corrected chi connectivity index (χ2v) is 8.64. The van der Waals surface area contributed by atoms with Crippen LogP contribution in [-0.2, 0) is 18.3 Å². The standard InChI is InChI=1S/C23H25N5O3S/c1-27-20-16(9-15(23(29)31-3)11-18(20)30-2)24-22(27)17-10-14-7-8-19(26-32-4)25-21(14)28(17)12-13-5-6-13/h7-11,13H,5-6,12H2,1-4H3,(H,25,26). The number of carbonyl (C=O) groups is 1. The summed E-state index contributed by atoms with van der Waals surface area (Å²) < 4.78 is 18.0. The molecule has 0 bridgehead atoms. The van der Waals surface area contributed by atoms with Gasteiger partial charge in [-0.2, -0.15) is 0 Å². The second-order valence-electron chi connectivity index (χ2n) is 8.03. The van der Waals surface area contributed by atoms with Gasteiger partial charge in [-0.05, 0) is 49.1 Å². The summed E-state index contributed by atoms with van der Waals surface area (Å²) in [7, 11) is 4.93. The Morgan fingerprint density at radius 3 is 2.72 bits per heavy atom. The average molecular weight is 452 g/mol. The van der Waals surface area contributed by atoms with Crippen molar-refractivity contribution >= 4 is 45.8 Å². The van der Waals surface area contributed by atoms with E-state index in [0.29, 0.717) is 22.7 Å². The number of nitrogens with one attached hydrogen (secondary N) is 1. The predicted molar refractivity (Wildman–Crippen MR) is 127 cm³/mol. The maximum absolute atomic E-state index is 12.1. The van der Waals surface area contributed by atoms with Crippen LogP contribution >= 0.6 is 11.9 Å². The molecule has 0 amide bonds. The highest BCUT2D eigenvalue weighted by atomic mass is 32.2. The number of hydrogen-bond donors (Lipinski definition) is 1. The summed E-state index contributed by atoms with van der Waals surface area (Å²) >= 11 is 1.52. The van der Waals surface area contributed by atoms with Gasteiger partial charge in [-0.15, -0.1) is 0 Å². The monoisotopic (exact) mass is 451 g/mol. The molecule has 32 heavy (non-hydrogen) atoms. The minimum Gasteiger partial charge on any atom is -0.494 e. The Balaban J connectivity index is 1.73. The van der Waals surface area contributed by atoms with E-state index in [0.717, 1.165) is 40.4 Å². The van der Waals surface area contributed by atoms with Gasteiger partial charge >= 0.3 is 5.97 Å². The molecule has 0 atom stereocenters. The number of aromatic nitrogens is 4. The molecular formula is C23H25N5O3S. The van der Waals surface area contributed by atoms with Crippen LogP contribution in [0.25, 0.3) is 33.6 Å². The fourth-order valence-corrected chi connectivity index (χ4v) is 4.47. The number of ether oxygens (including phenoxy) is 2. The number of carbonyl (C=O) groups excluding carboxylic acids is 1. The van der Waals surface area contributed by atoms with Gasteiger partial charge in [0.2, 0.25) is 0 Å². The van der Waals surface area contributed by atoms with Crippen molar-refractivity contribution in [3.8, 4) is 17.3 Å². The van der Waals surface area contributed by atoms with Crippen LogP contribution in [0, 0.1) is 5.92 Å². The number of methoxy groups -OCH3 is 2. The van der Waals surface area contributed by atoms with Crippen LogP contribution in [0.1, 0.15) is 23.2 Å². The molecule has 8 nitrogen and oxygen atoms in total. The molecule has 0 radical (unpaired) electrons. The highest BCUT2D eigenvalue weighted by Crippen LogP contribution is 2.37. The number of fused-ring (bicyclic) bond motifs is 2. The van der Waals surface area contributed by atoms with E-state index in [1.807, 2.05) is 23.9 Å². The van der Waals surface area contributed by atoms with E-state index in [-0.39, 0.29) is 0 Å². The minimum atomic E-state index is -0.418. The van der Waals surface area contributed by atoms with Gasteiger partial charge in [0.15, 0.2) is 5.82 Å². The molecule has 3 heterocycles. The fourth-order valence-electron chi connectivity index (χ4n) is 4.15. The number of hydrogen-bond acceptors (Lipinski definition) is 7. The van der Waals surface area contributed by atoms with Gasteiger partial charge in [0.25, 0.3) is 0 Å². The number of nitrogens with zero attached hydrogens (tertiary/aromatic N) is 4. The zero-order valence-corrected chi connectivity index (χ0v) is 19.3. The van der Waals surface area contributed by atoms with Gasteiger partial charge in [-0.1, -0.05) is 11.9 Å². The maximum atomic E-state index is 12.1. The van der Waals surface area contributed by atoms with E-state index in [1.165, 1.54) is 31.9 Å². The Hall–Kier alpha value is -3.20. The maximum Gasteiger partial charge on any atom is 0.338 e. The molecule has 1 aliphatic carbocycles. The number of anilines is 1. The first-order valence-electron chi connectivity index (χ1n) is 10.5. The lowest BCUT2D eigenvalue weighted by Crippen LogP contribution is -2.06. The van der Waals surface area contributed by atoms with Crippen LogP contribution in [-0.4, -0.2) is 45.5 Å². The predicted octanol–water partition coefficient (Wildman–Crippen LogP) is 4.49. The van der Waals surface area contributed by atoms with Gasteiger partial charge in [-0.25, -0.2) is 14.8 Å². The number of rotatable bonds is 7. The number of imidazole rings is 1. The number of pyridine rings is 1. The minimum absolute atomic E-state index is 0.412. The molecule has 3 aromatic heterocycles. The van der Waals surface area contributed by atoms with Gasteiger partial charge in [0.1, 0.15) is 22.7 Å². The normalized spacial score (nSPS) is 13.6. The van der Waals surface area contributed by atoms with E-state index in [9.17, 15) is 4.79 Å². The summed E-state index contributed by atoms with van der Waals surface area (Å²) in [5.74, 6) is 2.47. The second kappa shape index (κ2) is 8.05. The van der Waals surface area contributed by atoms with Crippen molar-refractivity contribution in [3.05, 3.63) is 35.9 Å². The quantitative estimate of drug-likeness (QED) is 0.327. The summed E-state index contributed by atoms with van der Waals surface area (Å²) in [6.07, 6.45) is 4.46. The van der Waals surface area contributed by atoms with Crippen molar-refractivity contribution in [2.45, 2.75) is 19.4 Å². The van der Waals surface area contributed by atoms with Crippen molar-refractivity contribution in [2.75, 3.05) is 25.2 Å². The Morgan fingerprint density at radius 1 is 1.22 bits per heavy atom. The van der Waals surface area contributed by atoms with Crippen LogP contribution in [0.4, 0.5) is 5.82 Å². The summed E-state index contributed by atoms with van der Waals surface area (Å²) in [5.41, 5.74) is 3.87. The lowest BCUT2D eigenvalue weighted by molar-refractivity contribution is 0.0600. The van der Waals surface area contributed by atoms with Crippen LogP contribution in [0.15, 0.2) is 30.3 Å². The lowest BCUT2D eigenvalue weighted by atomic mass is 10.2. The Labute approximate surface area is 190 Å². The molecule has 0 aliphatic heterocycles. The highest BCUT2D eigenvalue weighted by Gasteiger charge is 2.27. The van der Waals surface area contributed by atoms with Gasteiger partial charge in [0, 0.05) is 25.2 Å². The van der Waals surface area contributed by atoms with Crippen molar-refractivity contribution < 1.29 is 14.3 Å². The molecule has 9 heteroatoms. The molecule has 4 aromatic rings. The highest BCUT2D eigenvalue weighted by molar-refractivity contribution is 7.99. The first-order chi connectivity index (χ1) is 15.5. The Kier molecular flexibility index (Phi) is 5.21. The number of aryl methyl sites for hydroxylation is 1. The fraction of sp³-hybridized carbons (Fsp3) is 0.348. The van der Waals surface area contributed by atoms with Gasteiger partial charge in [-0.3, -0.25) is 0 Å². The first-order valence-corrected chi connectivity index (χ1v) is 11.7. The summed E-state index contributed by atoms with van der Waals surface area (Å²) in [5, 5.41) is 1.07. The molecule has 1 aliphatic rings. The van der Waals surface area contributed by atoms with E-state index in [2.05, 4.69) is 21.4 Å². The molecule has 5 rings (SSSR count). The van der Waals surface area contributed by atoms with Crippen LogP contribution in [0.3, 0.4) is 0 Å². The van der Waals surface area contributed by atoms with Crippen LogP contribution < -0.4 is 9.46 Å². The van der Waals surface area contributed by atoms with E-state index in [4.69, 9.17) is 19.4 Å². The Bertz CT molecular complexity index is 1340. The molecule has 0 unspecified atom stereocenters. The van der Waals surface area contributed by atoms with Crippen molar-refractivity contribution in [1.29, 1.82) is 0 Å². The van der Waals surface area contributed by atoms with Gasteiger partial charge in [0.05, 0.1) is 31.0 Å². The zero-order chi connectivity index (χ0) is 22.4. The van der Waals surface area contributed by atoms with Crippen LogP contribution in [0.2, 0.25) is 0 Å². The van der Waals surface area contributed by atoms with E-state index in [1.54, 1.807) is 19.2 Å². The Morgan fingerprint density at radius 2 is 2.03 bits per heavy atom. The third-order valence-corrected chi connectivity index (χ3v) is 6.31. The number of esters is 1. The summed E-state index contributed by atoms with van der Waals surface area (Å²) in [6.45, 7) is 0.905. The van der Waals surface area contributed by atoms with Crippen molar-refractivity contribution in [1.82, 2.24) is 19.1 Å². The van der Waals surface area contributed by atoms with Crippen molar-refractivity contribution in [3.63, 3.8) is 0 Å². The first kappa shape index (κ1) is 20.7. The molecule has 0 spiro atoms. The third-order valence-electron chi connectivity index (χ3n) is 5.89. The summed E-state index contributed by atoms with van der Waals surface area (Å²) in [4.78, 5) is 21.9. The molecule has 1 N–H and O–H groups in total. The van der Waals surface area contributed by atoms with E-state index < -0.39 is 5.97 Å². The smallest absolute Gasteiger partial charge is 0.338 e. The molecular weight excluding hydrogens is 426 g/mol. The summed E-state index contributed by atoms with van der Waals surface area (Å²) in [6, 6.07) is 9.67. The molecule has 166 valence electrons. The molecule has 1 aromatic carbocycles. The molecule has 1 saturated carbocycles. The average Bonchev–Trinajstić information content (AvgIpc) is 3.48. The number of benzene rings is 1. The lowest BCUT2D eigenvalue weighted by Gasteiger charge is -2.11. The van der Waals surface area contributed by atoms with Gasteiger partial charge < -0.3 is 23.3 Å². The molecule has 1 fully saturated rings. The zero-order valence-electron chi connectivity index (χ0n) is 18.5. The third kappa shape index (κ3) is 3.46. The topological polar surface area (TPSA) is 83.2 Å². The van der Waals surface area contributed by atoms with Crippen LogP contribution in [0.5, 0.6) is 5.75 Å². The largest absolute Gasteiger partial charge is 0.494 e.